The van der Waals surface area contributed by atoms with Crippen LogP contribution in [0.4, 0.5) is 0 Å². The molecule has 5 heteroatoms. The molecule has 0 spiro atoms. The first kappa shape index (κ1) is 15.6. The Labute approximate surface area is 160 Å². The maximum atomic E-state index is 13.0. The van der Waals surface area contributed by atoms with Crippen molar-refractivity contribution in [3.05, 3.63) is 70.8 Å². The Hall–Kier alpha value is -3.47. The predicted octanol–water partition coefficient (Wildman–Crippen LogP) is 4.37. The molecule has 0 unspecified atom stereocenters. The summed E-state index contributed by atoms with van der Waals surface area (Å²) in [5.74, 6) is -0.149. The molecule has 138 valence electrons. The molecule has 0 amide bonds. The summed E-state index contributed by atoms with van der Waals surface area (Å²) < 4.78 is 6.36. The van der Waals surface area contributed by atoms with Crippen LogP contribution in [0, 0.1) is 0 Å². The number of carbonyl (C=O) groups excluding carboxylic acids is 1. The zero-order valence-corrected chi connectivity index (χ0v) is 14.7. The summed E-state index contributed by atoms with van der Waals surface area (Å²) in [5, 5.41) is 31.8. The molecule has 1 heterocycles. The number of para-hydroxylation sites is 1. The first-order valence-corrected chi connectivity index (χ1v) is 9.26. The zero-order valence-electron chi connectivity index (χ0n) is 14.7. The van der Waals surface area contributed by atoms with E-state index < -0.39 is 6.10 Å². The Morgan fingerprint density at radius 3 is 2.43 bits per heavy atom. The number of rotatable bonds is 0. The van der Waals surface area contributed by atoms with Gasteiger partial charge in [-0.1, -0.05) is 30.3 Å². The van der Waals surface area contributed by atoms with Gasteiger partial charge in [-0.3, -0.25) is 4.79 Å². The molecule has 0 radical (unpaired) electrons. The average Bonchev–Trinajstić information content (AvgIpc) is 2.67. The highest BCUT2D eigenvalue weighted by Gasteiger charge is 2.51. The van der Waals surface area contributed by atoms with Crippen LogP contribution in [0.5, 0.6) is 23.0 Å². The molecule has 0 aromatic heterocycles. The van der Waals surface area contributed by atoms with Crippen LogP contribution in [0.3, 0.4) is 0 Å². The van der Waals surface area contributed by atoms with Crippen molar-refractivity contribution >= 4 is 5.78 Å². The van der Waals surface area contributed by atoms with Crippen molar-refractivity contribution in [3.8, 4) is 34.1 Å². The lowest BCUT2D eigenvalue weighted by Gasteiger charge is -2.47. The normalized spacial score (nSPS) is 23.3. The van der Waals surface area contributed by atoms with Crippen molar-refractivity contribution in [1.82, 2.24) is 0 Å². The summed E-state index contributed by atoms with van der Waals surface area (Å²) in [6.45, 7) is 0. The van der Waals surface area contributed by atoms with Crippen LogP contribution in [0.15, 0.2) is 48.5 Å². The van der Waals surface area contributed by atoms with Gasteiger partial charge in [-0.15, -0.1) is 0 Å². The van der Waals surface area contributed by atoms with Gasteiger partial charge in [0.2, 0.25) is 0 Å². The fourth-order valence-corrected chi connectivity index (χ4v) is 5.29. The van der Waals surface area contributed by atoms with Crippen LogP contribution < -0.4 is 4.74 Å². The van der Waals surface area contributed by atoms with E-state index in [1.807, 2.05) is 30.3 Å². The van der Waals surface area contributed by atoms with Gasteiger partial charge >= 0.3 is 0 Å². The highest BCUT2D eigenvalue weighted by atomic mass is 16.5. The lowest BCUT2D eigenvalue weighted by molar-refractivity contribution is 0.0868. The monoisotopic (exact) mass is 372 g/mol. The predicted molar refractivity (Wildman–Crippen MR) is 101 cm³/mol. The molecule has 3 N–H and O–H groups in total. The van der Waals surface area contributed by atoms with Gasteiger partial charge in [-0.2, -0.15) is 0 Å². The lowest BCUT2D eigenvalue weighted by Crippen LogP contribution is -2.36. The minimum atomic E-state index is -0.414. The largest absolute Gasteiger partial charge is 0.507 e. The molecular weight excluding hydrogens is 356 g/mol. The smallest absolute Gasteiger partial charge is 0.167 e. The van der Waals surface area contributed by atoms with Crippen molar-refractivity contribution < 1.29 is 24.9 Å². The van der Waals surface area contributed by atoms with Gasteiger partial charge in [0.1, 0.15) is 29.1 Å². The van der Waals surface area contributed by atoms with E-state index in [9.17, 15) is 20.1 Å². The second kappa shape index (κ2) is 5.07. The van der Waals surface area contributed by atoms with Crippen molar-refractivity contribution in [2.75, 3.05) is 0 Å². The lowest BCUT2D eigenvalue weighted by atomic mass is 9.61. The number of aromatic hydroxyl groups is 3. The van der Waals surface area contributed by atoms with E-state index in [0.29, 0.717) is 16.7 Å². The number of phenols is 3. The zero-order chi connectivity index (χ0) is 19.2. The summed E-state index contributed by atoms with van der Waals surface area (Å²) in [4.78, 5) is 13.0. The number of fused-ring (bicyclic) bond motifs is 5. The van der Waals surface area contributed by atoms with Crippen LogP contribution in [-0.2, 0) is 0 Å². The molecule has 3 aliphatic rings. The van der Waals surface area contributed by atoms with E-state index in [2.05, 4.69) is 0 Å². The highest BCUT2D eigenvalue weighted by Crippen LogP contribution is 2.64. The fraction of sp³-hybridized carbons (Fsp3) is 0.174. The summed E-state index contributed by atoms with van der Waals surface area (Å²) >= 11 is 0. The van der Waals surface area contributed by atoms with Gasteiger partial charge in [0.15, 0.2) is 5.78 Å². The summed E-state index contributed by atoms with van der Waals surface area (Å²) in [5.41, 5.74) is 3.43. The van der Waals surface area contributed by atoms with Crippen molar-refractivity contribution in [2.24, 2.45) is 0 Å². The van der Waals surface area contributed by atoms with Gasteiger partial charge < -0.3 is 20.1 Å². The third-order valence-corrected chi connectivity index (χ3v) is 6.31. The Kier molecular flexibility index (Phi) is 2.82. The van der Waals surface area contributed by atoms with Gasteiger partial charge in [0.05, 0.1) is 5.56 Å². The molecule has 0 fully saturated rings. The molecule has 0 saturated heterocycles. The number of carbonyl (C=O) groups is 1. The number of phenolic OH excluding ortho intramolecular Hbond substituents is 3. The van der Waals surface area contributed by atoms with E-state index >= 15 is 0 Å². The van der Waals surface area contributed by atoms with Gasteiger partial charge in [0.25, 0.3) is 0 Å². The maximum Gasteiger partial charge on any atom is 0.167 e. The Bertz CT molecular complexity index is 1200. The number of hydrogen-bond acceptors (Lipinski definition) is 5. The molecular formula is C23H16O5. The highest BCUT2D eigenvalue weighted by molar-refractivity contribution is 6.06. The number of benzene rings is 3. The third-order valence-electron chi connectivity index (χ3n) is 6.31. The number of ketones is 1. The van der Waals surface area contributed by atoms with Crippen LogP contribution in [0.25, 0.3) is 11.1 Å². The molecule has 28 heavy (non-hydrogen) atoms. The molecule has 3 atom stereocenters. The quantitative estimate of drug-likeness (QED) is 0.545. The molecule has 1 aliphatic heterocycles. The van der Waals surface area contributed by atoms with E-state index in [1.165, 1.54) is 6.07 Å². The van der Waals surface area contributed by atoms with Crippen LogP contribution in [0.1, 0.15) is 51.4 Å². The Balaban J connectivity index is 1.78. The standard InChI is InChI=1S/C23H16O5/c24-13-6-3-5-11-18(13)21-16(27)9-15(26)20-14(25)8-12-10-4-1-2-7-17(10)28-23(11)19(12)22(20)21/h1-7,9,12,19,23-24,26-27H,8H2/t12-,19+,23+/m1/s1. The van der Waals surface area contributed by atoms with Crippen molar-refractivity contribution in [2.45, 2.75) is 24.4 Å². The first-order valence-electron chi connectivity index (χ1n) is 9.26. The van der Waals surface area contributed by atoms with E-state index in [4.69, 9.17) is 4.74 Å². The van der Waals surface area contributed by atoms with Crippen LogP contribution in [-0.4, -0.2) is 21.1 Å². The molecule has 3 aromatic carbocycles. The average molecular weight is 372 g/mol. The second-order valence-electron chi connectivity index (χ2n) is 7.66. The summed E-state index contributed by atoms with van der Waals surface area (Å²) in [6, 6.07) is 14.1. The van der Waals surface area contributed by atoms with Crippen molar-refractivity contribution in [3.63, 3.8) is 0 Å². The SMILES string of the molecule is O=C1C[C@@H]2c3ccccc3O[C@H]3c4cccc(O)c4-c4c(O)cc(O)c1c4[C@H]23. The number of ether oxygens (including phenoxy) is 1. The third kappa shape index (κ3) is 1.74. The minimum Gasteiger partial charge on any atom is -0.507 e. The van der Waals surface area contributed by atoms with Gasteiger partial charge in [0, 0.05) is 41.0 Å². The summed E-state index contributed by atoms with van der Waals surface area (Å²) in [6.07, 6.45) is -0.150. The van der Waals surface area contributed by atoms with Crippen LogP contribution >= 0.6 is 0 Å². The molecule has 6 rings (SSSR count). The molecule has 0 bridgehead atoms. The molecule has 2 aliphatic carbocycles. The minimum absolute atomic E-state index is 0.0103. The van der Waals surface area contributed by atoms with E-state index in [-0.39, 0.29) is 46.9 Å². The first-order chi connectivity index (χ1) is 13.6. The van der Waals surface area contributed by atoms with E-state index in [1.54, 1.807) is 12.1 Å². The van der Waals surface area contributed by atoms with Gasteiger partial charge in [-0.25, -0.2) is 0 Å². The summed E-state index contributed by atoms with van der Waals surface area (Å²) in [7, 11) is 0. The second-order valence-corrected chi connectivity index (χ2v) is 7.66. The van der Waals surface area contributed by atoms with E-state index in [0.717, 1.165) is 16.9 Å². The van der Waals surface area contributed by atoms with Crippen molar-refractivity contribution in [1.29, 1.82) is 0 Å². The number of hydrogen-bond donors (Lipinski definition) is 3. The Morgan fingerprint density at radius 2 is 1.57 bits per heavy atom. The van der Waals surface area contributed by atoms with Gasteiger partial charge in [-0.05, 0) is 23.3 Å². The topological polar surface area (TPSA) is 87.0 Å². The molecule has 3 aromatic rings. The maximum absolute atomic E-state index is 13.0. The molecule has 0 saturated carbocycles. The fourth-order valence-electron chi connectivity index (χ4n) is 5.29. The number of Topliss-reactive ketones (excluding diaryl/α,β-unsaturated/α-hetero) is 1. The molecule has 5 nitrogen and oxygen atoms in total. The van der Waals surface area contributed by atoms with Crippen LogP contribution in [0.2, 0.25) is 0 Å². The Morgan fingerprint density at radius 1 is 0.821 bits per heavy atom.